The van der Waals surface area contributed by atoms with Crippen LogP contribution in [0.2, 0.25) is 0 Å². The fourth-order valence-corrected chi connectivity index (χ4v) is 3.03. The van der Waals surface area contributed by atoms with E-state index in [1.54, 1.807) is 4.57 Å². The largest absolute Gasteiger partial charge is 0.326 e. The molecule has 0 amide bonds. The van der Waals surface area contributed by atoms with Crippen molar-refractivity contribution in [1.29, 1.82) is 0 Å². The third-order valence-electron chi connectivity index (χ3n) is 4.32. The van der Waals surface area contributed by atoms with Crippen LogP contribution in [0.25, 0.3) is 23.2 Å². The minimum Gasteiger partial charge on any atom is -0.306 e. The summed E-state index contributed by atoms with van der Waals surface area (Å²) >= 11 is 0. The van der Waals surface area contributed by atoms with Crippen LogP contribution in [0.1, 0.15) is 16.7 Å². The Morgan fingerprint density at radius 2 is 1.52 bits per heavy atom. The Bertz CT molecular complexity index is 1090. The van der Waals surface area contributed by atoms with Crippen LogP contribution in [0.3, 0.4) is 0 Å². The number of hydrogen-bond donors (Lipinski definition) is 1. The van der Waals surface area contributed by atoms with E-state index in [2.05, 4.69) is 41.4 Å². The first-order valence-corrected chi connectivity index (χ1v) is 8.30. The highest BCUT2D eigenvalue weighted by atomic mass is 16.1. The first-order chi connectivity index (χ1) is 12.3. The quantitative estimate of drug-likeness (QED) is 0.549. The SMILES string of the molecule is O=c1[nH]c2ccccc2n1Cc1ccccc1/C=C/c1ccccc1. The van der Waals surface area contributed by atoms with Crippen molar-refractivity contribution in [1.82, 2.24) is 9.55 Å². The maximum absolute atomic E-state index is 12.3. The molecule has 0 spiro atoms. The summed E-state index contributed by atoms with van der Waals surface area (Å²) in [6, 6.07) is 26.2. The molecule has 1 heterocycles. The molecule has 1 N–H and O–H groups in total. The molecule has 25 heavy (non-hydrogen) atoms. The highest BCUT2D eigenvalue weighted by Gasteiger charge is 2.08. The van der Waals surface area contributed by atoms with Gasteiger partial charge in [-0.3, -0.25) is 4.57 Å². The second-order valence-corrected chi connectivity index (χ2v) is 5.98. The summed E-state index contributed by atoms with van der Waals surface area (Å²) in [4.78, 5) is 15.2. The van der Waals surface area contributed by atoms with Crippen molar-refractivity contribution in [3.63, 3.8) is 0 Å². The zero-order valence-corrected chi connectivity index (χ0v) is 13.7. The summed E-state index contributed by atoms with van der Waals surface area (Å²) in [6.07, 6.45) is 4.20. The molecule has 4 aromatic rings. The predicted octanol–water partition coefficient (Wildman–Crippen LogP) is 4.55. The zero-order chi connectivity index (χ0) is 17.1. The second-order valence-electron chi connectivity index (χ2n) is 5.98. The third-order valence-corrected chi connectivity index (χ3v) is 4.32. The van der Waals surface area contributed by atoms with Gasteiger partial charge >= 0.3 is 5.69 Å². The lowest BCUT2D eigenvalue weighted by atomic mass is 10.1. The highest BCUT2D eigenvalue weighted by molar-refractivity contribution is 5.75. The number of nitrogens with zero attached hydrogens (tertiary/aromatic N) is 1. The van der Waals surface area contributed by atoms with Crippen molar-refractivity contribution < 1.29 is 0 Å². The monoisotopic (exact) mass is 326 g/mol. The van der Waals surface area contributed by atoms with E-state index in [1.165, 1.54) is 0 Å². The number of para-hydroxylation sites is 2. The number of aromatic amines is 1. The third kappa shape index (κ3) is 3.17. The molecule has 0 radical (unpaired) electrons. The van der Waals surface area contributed by atoms with Crippen LogP contribution in [0.5, 0.6) is 0 Å². The van der Waals surface area contributed by atoms with Gasteiger partial charge < -0.3 is 4.98 Å². The number of H-pyrrole nitrogens is 1. The lowest BCUT2D eigenvalue weighted by molar-refractivity contribution is 0.786. The van der Waals surface area contributed by atoms with Crippen LogP contribution in [0.15, 0.2) is 83.7 Å². The Kier molecular flexibility index (Phi) is 4.05. The molecule has 4 rings (SSSR count). The smallest absolute Gasteiger partial charge is 0.306 e. The standard InChI is InChI=1S/C22H18N2O/c25-22-23-20-12-6-7-13-21(20)24(22)16-19-11-5-4-10-18(19)15-14-17-8-2-1-3-9-17/h1-15H,16H2,(H,23,25)/b15-14+. The molecule has 0 aliphatic rings. The maximum Gasteiger partial charge on any atom is 0.326 e. The molecule has 0 bridgehead atoms. The van der Waals surface area contributed by atoms with Crippen LogP contribution in [0, 0.1) is 0 Å². The van der Waals surface area contributed by atoms with Crippen LogP contribution in [-0.2, 0) is 6.54 Å². The van der Waals surface area contributed by atoms with Gasteiger partial charge in [0.05, 0.1) is 17.6 Å². The highest BCUT2D eigenvalue weighted by Crippen LogP contribution is 2.17. The molecule has 1 aromatic heterocycles. The number of rotatable bonds is 4. The minimum atomic E-state index is -0.0805. The number of fused-ring (bicyclic) bond motifs is 1. The summed E-state index contributed by atoms with van der Waals surface area (Å²) in [6.45, 7) is 0.540. The number of aromatic nitrogens is 2. The van der Waals surface area contributed by atoms with Gasteiger partial charge in [0.25, 0.3) is 0 Å². The molecule has 0 aliphatic heterocycles. The van der Waals surface area contributed by atoms with E-state index in [0.717, 1.165) is 27.7 Å². The van der Waals surface area contributed by atoms with Gasteiger partial charge in [0.15, 0.2) is 0 Å². The van der Waals surface area contributed by atoms with E-state index < -0.39 is 0 Å². The first kappa shape index (κ1) is 15.2. The van der Waals surface area contributed by atoms with Gasteiger partial charge in [-0.1, -0.05) is 78.9 Å². The Balaban J connectivity index is 1.71. The van der Waals surface area contributed by atoms with Crippen molar-refractivity contribution in [2.45, 2.75) is 6.54 Å². The normalized spacial score (nSPS) is 11.4. The summed E-state index contributed by atoms with van der Waals surface area (Å²) < 4.78 is 1.78. The summed E-state index contributed by atoms with van der Waals surface area (Å²) in [5, 5.41) is 0. The second kappa shape index (κ2) is 6.65. The minimum absolute atomic E-state index is 0.0805. The van der Waals surface area contributed by atoms with Crippen LogP contribution < -0.4 is 5.69 Å². The van der Waals surface area contributed by atoms with E-state index in [4.69, 9.17) is 0 Å². The molecule has 0 aliphatic carbocycles. The van der Waals surface area contributed by atoms with Gasteiger partial charge in [0.1, 0.15) is 0 Å². The molecule has 0 saturated heterocycles. The average molecular weight is 326 g/mol. The fraction of sp³-hybridized carbons (Fsp3) is 0.0455. The molecule has 0 fully saturated rings. The van der Waals surface area contributed by atoms with Crippen LogP contribution in [0.4, 0.5) is 0 Å². The van der Waals surface area contributed by atoms with Crippen molar-refractivity contribution in [3.8, 4) is 0 Å². The van der Waals surface area contributed by atoms with Crippen molar-refractivity contribution >= 4 is 23.2 Å². The Morgan fingerprint density at radius 3 is 2.40 bits per heavy atom. The maximum atomic E-state index is 12.3. The lowest BCUT2D eigenvalue weighted by Crippen LogP contribution is -2.17. The van der Waals surface area contributed by atoms with Gasteiger partial charge in [-0.2, -0.15) is 0 Å². The summed E-state index contributed by atoms with van der Waals surface area (Å²) in [5.41, 5.74) is 5.09. The molecular weight excluding hydrogens is 308 g/mol. The molecule has 3 nitrogen and oxygen atoms in total. The van der Waals surface area contributed by atoms with Crippen LogP contribution in [-0.4, -0.2) is 9.55 Å². The van der Waals surface area contributed by atoms with Gasteiger partial charge in [0.2, 0.25) is 0 Å². The molecule has 0 atom stereocenters. The Hall–Kier alpha value is -3.33. The molecule has 122 valence electrons. The summed E-state index contributed by atoms with van der Waals surface area (Å²) in [5.74, 6) is 0. The number of hydrogen-bond acceptors (Lipinski definition) is 1. The van der Waals surface area contributed by atoms with E-state index >= 15 is 0 Å². The molecular formula is C22H18N2O. The van der Waals surface area contributed by atoms with Gasteiger partial charge in [0, 0.05) is 0 Å². The average Bonchev–Trinajstić information content (AvgIpc) is 2.97. The molecule has 3 aromatic carbocycles. The fourth-order valence-electron chi connectivity index (χ4n) is 3.03. The lowest BCUT2D eigenvalue weighted by Gasteiger charge is -2.07. The van der Waals surface area contributed by atoms with E-state index in [-0.39, 0.29) is 5.69 Å². The summed E-state index contributed by atoms with van der Waals surface area (Å²) in [7, 11) is 0. The Morgan fingerprint density at radius 1 is 0.800 bits per heavy atom. The van der Waals surface area contributed by atoms with Crippen molar-refractivity contribution in [2.75, 3.05) is 0 Å². The molecule has 3 heteroatoms. The van der Waals surface area contributed by atoms with E-state index in [9.17, 15) is 4.79 Å². The number of imidazole rings is 1. The topological polar surface area (TPSA) is 37.8 Å². The van der Waals surface area contributed by atoms with Gasteiger partial charge in [-0.15, -0.1) is 0 Å². The number of benzene rings is 3. The Labute approximate surface area is 145 Å². The number of nitrogens with one attached hydrogen (secondary N) is 1. The van der Waals surface area contributed by atoms with E-state index in [0.29, 0.717) is 6.54 Å². The first-order valence-electron chi connectivity index (χ1n) is 8.30. The van der Waals surface area contributed by atoms with Gasteiger partial charge in [-0.25, -0.2) is 4.79 Å². The van der Waals surface area contributed by atoms with E-state index in [1.807, 2.05) is 54.6 Å². The predicted molar refractivity (Wildman–Crippen MR) is 103 cm³/mol. The van der Waals surface area contributed by atoms with Gasteiger partial charge in [-0.05, 0) is 28.8 Å². The van der Waals surface area contributed by atoms with Crippen LogP contribution >= 0.6 is 0 Å². The zero-order valence-electron chi connectivity index (χ0n) is 13.7. The molecule has 0 saturated carbocycles. The van der Waals surface area contributed by atoms with Crippen molar-refractivity contribution in [3.05, 3.63) is 106 Å². The van der Waals surface area contributed by atoms with Crippen molar-refractivity contribution in [2.24, 2.45) is 0 Å². The molecule has 0 unspecified atom stereocenters.